The molecule has 1 aromatic heterocycles. The number of benzene rings is 1. The molecule has 2 heterocycles. The molecule has 3 nitrogen and oxygen atoms in total. The fourth-order valence-corrected chi connectivity index (χ4v) is 3.11. The Morgan fingerprint density at radius 1 is 1.07 bits per heavy atom. The molecular formula is C18H13F6NO2S. The first-order chi connectivity index (χ1) is 13.0. The van der Waals surface area contributed by atoms with E-state index in [-0.39, 0.29) is 23.3 Å². The van der Waals surface area contributed by atoms with Crippen LogP contribution in [0.15, 0.2) is 41.4 Å². The smallest absolute Gasteiger partial charge is 0.475 e. The van der Waals surface area contributed by atoms with Gasteiger partial charge in [-0.2, -0.15) is 13.2 Å². The topological polar surface area (TPSA) is 31.4 Å². The highest BCUT2D eigenvalue weighted by molar-refractivity contribution is 7.84. The van der Waals surface area contributed by atoms with Gasteiger partial charge in [-0.05, 0) is 48.7 Å². The quantitative estimate of drug-likeness (QED) is 0.533. The number of pyridine rings is 1. The van der Waals surface area contributed by atoms with E-state index in [4.69, 9.17) is 4.74 Å². The van der Waals surface area contributed by atoms with E-state index in [1.807, 2.05) is 0 Å². The maximum absolute atomic E-state index is 13.2. The van der Waals surface area contributed by atoms with E-state index >= 15 is 0 Å². The molecule has 0 N–H and O–H groups in total. The number of hydrogen-bond donors (Lipinski definition) is 1. The van der Waals surface area contributed by atoms with Crippen LogP contribution in [0, 0.1) is 0 Å². The molecule has 0 radical (unpaired) electrons. The first-order valence-electron chi connectivity index (χ1n) is 7.99. The van der Waals surface area contributed by atoms with Gasteiger partial charge in [-0.15, -0.1) is 25.8 Å². The van der Waals surface area contributed by atoms with Crippen molar-refractivity contribution in [3.8, 4) is 11.5 Å². The first-order valence-corrected chi connectivity index (χ1v) is 8.44. The van der Waals surface area contributed by atoms with Crippen molar-refractivity contribution in [2.45, 2.75) is 31.5 Å². The van der Waals surface area contributed by atoms with E-state index in [2.05, 4.69) is 22.3 Å². The number of halogens is 6. The van der Waals surface area contributed by atoms with E-state index in [1.54, 1.807) is 24.4 Å². The molecule has 1 aliphatic heterocycles. The second kappa shape index (κ2) is 7.57. The Bertz CT molecular complexity index is 880. The number of fused-ring (bicyclic) bond motifs is 1. The van der Waals surface area contributed by atoms with Crippen LogP contribution in [-0.2, 0) is 12.8 Å². The number of thiol groups is 1. The van der Waals surface area contributed by atoms with Crippen LogP contribution in [0.1, 0.15) is 16.8 Å². The van der Waals surface area contributed by atoms with Crippen LogP contribution in [0.25, 0.3) is 6.08 Å². The molecule has 2 aromatic rings. The molecule has 0 saturated carbocycles. The van der Waals surface area contributed by atoms with Crippen LogP contribution in [-0.4, -0.2) is 23.6 Å². The third-order valence-electron chi connectivity index (χ3n) is 3.88. The molecule has 1 unspecified atom stereocenters. The monoisotopic (exact) mass is 421 g/mol. The van der Waals surface area contributed by atoms with Crippen LogP contribution in [0.3, 0.4) is 0 Å². The van der Waals surface area contributed by atoms with Crippen molar-refractivity contribution in [1.29, 1.82) is 0 Å². The van der Waals surface area contributed by atoms with Crippen molar-refractivity contribution >= 4 is 18.7 Å². The van der Waals surface area contributed by atoms with Gasteiger partial charge in [0.1, 0.15) is 11.5 Å². The highest BCUT2D eigenvalue weighted by atomic mass is 32.1. The summed E-state index contributed by atoms with van der Waals surface area (Å²) >= 11 is 3.78. The first kappa shape index (κ1) is 20.4. The van der Waals surface area contributed by atoms with Gasteiger partial charge in [-0.1, -0.05) is 6.07 Å². The van der Waals surface area contributed by atoms with Gasteiger partial charge < -0.3 is 9.47 Å². The molecule has 1 aliphatic rings. The standard InChI is InChI=1S/C18H13F6NO2S/c19-17(20,21)16-14(28)9-11-8-13(27-18(22,23)24)7-10(15(11)26-16)4-5-12-3-1-2-6-25-12/h1-3,6-9,16,28H,4-5H2. The molecule has 0 amide bonds. The average Bonchev–Trinajstić information content (AvgIpc) is 2.57. The molecule has 1 atom stereocenters. The minimum absolute atomic E-state index is 0.0308. The van der Waals surface area contributed by atoms with Gasteiger partial charge in [0.05, 0.1) is 0 Å². The molecular weight excluding hydrogens is 408 g/mol. The average molecular weight is 421 g/mol. The molecule has 10 heteroatoms. The molecule has 0 aliphatic carbocycles. The molecule has 0 saturated heterocycles. The van der Waals surface area contributed by atoms with Crippen molar-refractivity contribution in [2.24, 2.45) is 0 Å². The second-order valence-electron chi connectivity index (χ2n) is 5.98. The number of aromatic nitrogens is 1. The van der Waals surface area contributed by atoms with Crippen molar-refractivity contribution in [3.63, 3.8) is 0 Å². The molecule has 1 aromatic carbocycles. The lowest BCUT2D eigenvalue weighted by atomic mass is 9.99. The van der Waals surface area contributed by atoms with E-state index in [9.17, 15) is 26.3 Å². The van der Waals surface area contributed by atoms with Gasteiger partial charge in [-0.3, -0.25) is 4.98 Å². The summed E-state index contributed by atoms with van der Waals surface area (Å²) in [6, 6.07) is 7.12. The summed E-state index contributed by atoms with van der Waals surface area (Å²) < 4.78 is 86.4. The van der Waals surface area contributed by atoms with Gasteiger partial charge in [0.15, 0.2) is 0 Å². The lowest BCUT2D eigenvalue weighted by Crippen LogP contribution is -2.36. The Kier molecular flexibility index (Phi) is 5.51. The van der Waals surface area contributed by atoms with Crippen LogP contribution in [0.2, 0.25) is 0 Å². The van der Waals surface area contributed by atoms with E-state index in [0.717, 1.165) is 18.2 Å². The third-order valence-corrected chi connectivity index (χ3v) is 4.25. The maximum Gasteiger partial charge on any atom is 0.573 e. The van der Waals surface area contributed by atoms with E-state index < -0.39 is 29.3 Å². The Balaban J connectivity index is 1.99. The Hall–Kier alpha value is -2.36. The molecule has 28 heavy (non-hydrogen) atoms. The summed E-state index contributed by atoms with van der Waals surface area (Å²) in [6.07, 6.45) is -8.97. The minimum atomic E-state index is -4.94. The van der Waals surface area contributed by atoms with Crippen molar-refractivity contribution in [1.82, 2.24) is 4.98 Å². The Morgan fingerprint density at radius 3 is 2.43 bits per heavy atom. The molecule has 0 spiro atoms. The summed E-state index contributed by atoms with van der Waals surface area (Å²) in [5.41, 5.74) is 0.809. The summed E-state index contributed by atoms with van der Waals surface area (Å²) in [5.74, 6) is -0.695. The summed E-state index contributed by atoms with van der Waals surface area (Å²) in [7, 11) is 0. The van der Waals surface area contributed by atoms with Crippen LogP contribution in [0.5, 0.6) is 11.5 Å². The fourth-order valence-electron chi connectivity index (χ4n) is 2.77. The molecule has 150 valence electrons. The van der Waals surface area contributed by atoms with Gasteiger partial charge in [0.25, 0.3) is 0 Å². The van der Waals surface area contributed by atoms with E-state index in [0.29, 0.717) is 12.1 Å². The van der Waals surface area contributed by atoms with Gasteiger partial charge in [0, 0.05) is 22.4 Å². The number of alkyl halides is 6. The lowest BCUT2D eigenvalue weighted by molar-refractivity contribution is -0.274. The summed E-state index contributed by atoms with van der Waals surface area (Å²) in [4.78, 5) is 3.64. The van der Waals surface area contributed by atoms with Gasteiger partial charge in [-0.25, -0.2) is 0 Å². The zero-order valence-electron chi connectivity index (χ0n) is 14.0. The normalized spacial score (nSPS) is 16.8. The molecule has 3 rings (SSSR count). The minimum Gasteiger partial charge on any atom is -0.475 e. The maximum atomic E-state index is 13.2. The SMILES string of the molecule is FC(F)(F)Oc1cc2c(c(CCc3ccccn3)c1)OC(C(F)(F)F)C(S)=C2. The molecule has 0 bridgehead atoms. The Morgan fingerprint density at radius 2 is 1.82 bits per heavy atom. The predicted molar refractivity (Wildman–Crippen MR) is 92.2 cm³/mol. The highest BCUT2D eigenvalue weighted by Gasteiger charge is 2.45. The van der Waals surface area contributed by atoms with Crippen LogP contribution >= 0.6 is 12.6 Å². The van der Waals surface area contributed by atoms with Crippen molar-refractivity contribution in [3.05, 3.63) is 58.3 Å². The number of ether oxygens (including phenoxy) is 2. The summed E-state index contributed by atoms with van der Waals surface area (Å²) in [6.45, 7) is 0. The molecule has 0 fully saturated rings. The number of rotatable bonds is 4. The largest absolute Gasteiger partial charge is 0.573 e. The lowest BCUT2D eigenvalue weighted by Gasteiger charge is -2.28. The second-order valence-corrected chi connectivity index (χ2v) is 6.49. The van der Waals surface area contributed by atoms with E-state index in [1.165, 1.54) is 0 Å². The van der Waals surface area contributed by atoms with Gasteiger partial charge >= 0.3 is 12.5 Å². The van der Waals surface area contributed by atoms with Gasteiger partial charge in [0.2, 0.25) is 6.10 Å². The van der Waals surface area contributed by atoms with Crippen molar-refractivity contribution < 1.29 is 35.8 Å². The fraction of sp³-hybridized carbons (Fsp3) is 0.278. The zero-order chi connectivity index (χ0) is 20.5. The van der Waals surface area contributed by atoms with Crippen LogP contribution in [0.4, 0.5) is 26.3 Å². The number of nitrogens with zero attached hydrogens (tertiary/aromatic N) is 1. The number of aryl methyl sites for hydroxylation is 2. The Labute approximate surface area is 161 Å². The summed E-state index contributed by atoms with van der Waals surface area (Å²) in [5, 5.41) is 0. The highest BCUT2D eigenvalue weighted by Crippen LogP contribution is 2.42. The number of hydrogen-bond acceptors (Lipinski definition) is 4. The predicted octanol–water partition coefficient (Wildman–Crippen LogP) is 5.36. The zero-order valence-corrected chi connectivity index (χ0v) is 14.9. The van der Waals surface area contributed by atoms with Crippen molar-refractivity contribution in [2.75, 3.05) is 0 Å². The third kappa shape index (κ3) is 4.92. The van der Waals surface area contributed by atoms with Crippen LogP contribution < -0.4 is 9.47 Å².